The Balaban J connectivity index is 4.41. The van der Waals surface area contributed by atoms with Crippen LogP contribution in [0.3, 0.4) is 0 Å². The minimum Gasteiger partial charge on any atom is -0.462 e. The van der Waals surface area contributed by atoms with Crippen molar-refractivity contribution in [3.63, 3.8) is 0 Å². The van der Waals surface area contributed by atoms with Crippen LogP contribution in [0.15, 0.2) is 85.1 Å². The summed E-state index contributed by atoms with van der Waals surface area (Å²) < 4.78 is 16.9. The molecule has 6 nitrogen and oxygen atoms in total. The lowest BCUT2D eigenvalue weighted by atomic mass is 10.0. The number of unbranched alkanes of at least 4 members (excludes halogenated alkanes) is 36. The van der Waals surface area contributed by atoms with E-state index in [-0.39, 0.29) is 37.5 Å². The average molecular weight is 1090 g/mol. The van der Waals surface area contributed by atoms with E-state index in [4.69, 9.17) is 14.2 Å². The van der Waals surface area contributed by atoms with Crippen molar-refractivity contribution >= 4 is 17.9 Å². The monoisotopic (exact) mass is 1090 g/mol. The van der Waals surface area contributed by atoms with Crippen LogP contribution < -0.4 is 0 Å². The zero-order chi connectivity index (χ0) is 56.4. The van der Waals surface area contributed by atoms with Crippen LogP contribution in [-0.2, 0) is 28.6 Å². The molecular formula is C72H126O6. The normalized spacial score (nSPS) is 12.6. The van der Waals surface area contributed by atoms with Crippen LogP contribution in [0.5, 0.6) is 0 Å². The highest BCUT2D eigenvalue weighted by molar-refractivity contribution is 5.71. The van der Waals surface area contributed by atoms with Gasteiger partial charge in [-0.05, 0) is 96.3 Å². The topological polar surface area (TPSA) is 78.9 Å². The van der Waals surface area contributed by atoms with Crippen molar-refractivity contribution in [3.05, 3.63) is 85.1 Å². The summed E-state index contributed by atoms with van der Waals surface area (Å²) in [7, 11) is 0. The van der Waals surface area contributed by atoms with Crippen LogP contribution in [0.2, 0.25) is 0 Å². The Bertz CT molecular complexity index is 1480. The Hall–Kier alpha value is -3.41. The Morgan fingerprint density at radius 2 is 0.500 bits per heavy atom. The fraction of sp³-hybridized carbons (Fsp3) is 0.764. The van der Waals surface area contributed by atoms with E-state index >= 15 is 0 Å². The van der Waals surface area contributed by atoms with Gasteiger partial charge in [-0.25, -0.2) is 0 Å². The summed E-state index contributed by atoms with van der Waals surface area (Å²) in [4.78, 5) is 38.4. The molecule has 0 amide bonds. The first-order chi connectivity index (χ1) is 38.5. The number of esters is 3. The lowest BCUT2D eigenvalue weighted by Gasteiger charge is -2.18. The predicted molar refractivity (Wildman–Crippen MR) is 339 cm³/mol. The molecule has 0 N–H and O–H groups in total. The zero-order valence-electron chi connectivity index (χ0n) is 51.7. The SMILES string of the molecule is CC/C=C\C/C=C\C/C=C\C/C=C\C/C=C\C/C=C\CCCCC(=O)OC(COC(=O)CCCCCCC/C=C\CCCCCCCCC)COC(=O)CCCCCCCCCCCCCCCCCCCCCCCCC. The Kier molecular flexibility index (Phi) is 63.2. The van der Waals surface area contributed by atoms with Crippen LogP contribution in [0, 0.1) is 0 Å². The summed E-state index contributed by atoms with van der Waals surface area (Å²) in [5.41, 5.74) is 0. The molecule has 0 aromatic rings. The maximum Gasteiger partial charge on any atom is 0.306 e. The molecule has 0 aliphatic heterocycles. The maximum absolute atomic E-state index is 12.9. The predicted octanol–water partition coefficient (Wildman–Crippen LogP) is 23.1. The van der Waals surface area contributed by atoms with Crippen molar-refractivity contribution in [1.82, 2.24) is 0 Å². The first kappa shape index (κ1) is 74.6. The minimum atomic E-state index is -0.804. The molecule has 450 valence electrons. The molecule has 1 unspecified atom stereocenters. The van der Waals surface area contributed by atoms with E-state index in [0.717, 1.165) is 96.3 Å². The first-order valence-electron chi connectivity index (χ1n) is 33.6. The highest BCUT2D eigenvalue weighted by Crippen LogP contribution is 2.17. The van der Waals surface area contributed by atoms with E-state index in [2.05, 4.69) is 106 Å². The molecule has 0 spiro atoms. The Labute approximate surface area is 484 Å². The van der Waals surface area contributed by atoms with Crippen molar-refractivity contribution in [1.29, 1.82) is 0 Å². The summed E-state index contributed by atoms with van der Waals surface area (Å²) >= 11 is 0. The van der Waals surface area contributed by atoms with Crippen LogP contribution in [0.1, 0.15) is 335 Å². The van der Waals surface area contributed by atoms with Crippen LogP contribution in [-0.4, -0.2) is 37.2 Å². The molecule has 0 aliphatic carbocycles. The molecule has 0 saturated heterocycles. The van der Waals surface area contributed by atoms with Gasteiger partial charge in [-0.15, -0.1) is 0 Å². The molecule has 0 aliphatic rings. The largest absolute Gasteiger partial charge is 0.462 e. The number of ether oxygens (including phenoxy) is 3. The van der Waals surface area contributed by atoms with Gasteiger partial charge >= 0.3 is 17.9 Å². The quantitative estimate of drug-likeness (QED) is 0.0261. The van der Waals surface area contributed by atoms with Gasteiger partial charge in [0.2, 0.25) is 0 Å². The van der Waals surface area contributed by atoms with Crippen LogP contribution in [0.25, 0.3) is 0 Å². The Morgan fingerprint density at radius 1 is 0.269 bits per heavy atom. The van der Waals surface area contributed by atoms with Gasteiger partial charge in [-0.3, -0.25) is 14.4 Å². The van der Waals surface area contributed by atoms with Gasteiger partial charge in [-0.2, -0.15) is 0 Å². The van der Waals surface area contributed by atoms with Crippen molar-refractivity contribution in [2.24, 2.45) is 0 Å². The number of allylic oxidation sites excluding steroid dienone is 14. The molecule has 78 heavy (non-hydrogen) atoms. The van der Waals surface area contributed by atoms with E-state index in [1.807, 2.05) is 0 Å². The summed E-state index contributed by atoms with van der Waals surface area (Å²) in [6.07, 6.45) is 87.4. The van der Waals surface area contributed by atoms with E-state index in [0.29, 0.717) is 19.3 Å². The number of rotatable bonds is 61. The lowest BCUT2D eigenvalue weighted by molar-refractivity contribution is -0.167. The van der Waals surface area contributed by atoms with Crippen LogP contribution in [0.4, 0.5) is 0 Å². The third-order valence-corrected chi connectivity index (χ3v) is 14.6. The average Bonchev–Trinajstić information content (AvgIpc) is 3.44. The van der Waals surface area contributed by atoms with E-state index in [1.165, 1.54) is 193 Å². The minimum absolute atomic E-state index is 0.0940. The highest BCUT2D eigenvalue weighted by atomic mass is 16.6. The molecule has 0 rings (SSSR count). The molecule has 1 atom stereocenters. The lowest BCUT2D eigenvalue weighted by Crippen LogP contribution is -2.30. The van der Waals surface area contributed by atoms with Crippen LogP contribution >= 0.6 is 0 Å². The second-order valence-corrected chi connectivity index (χ2v) is 22.4. The number of hydrogen-bond donors (Lipinski definition) is 0. The van der Waals surface area contributed by atoms with Gasteiger partial charge < -0.3 is 14.2 Å². The van der Waals surface area contributed by atoms with Gasteiger partial charge in [-0.1, -0.05) is 305 Å². The van der Waals surface area contributed by atoms with Crippen molar-refractivity contribution in [3.8, 4) is 0 Å². The standard InChI is InChI=1S/C72H126O6/c1-4-7-10-13-16-19-22-25-28-31-33-35-36-38-39-41-44-47-50-53-56-59-62-65-71(74)77-68-69(67-76-70(73)64-61-58-55-52-49-46-43-30-27-24-21-18-15-12-9-6-3)78-72(75)66-63-60-57-54-51-48-45-42-40-37-34-32-29-26-23-20-17-14-11-8-5-2/h8,11,17,20,26,29-30,34,37,42-43,45,51,54,69H,4-7,9-10,12-16,18-19,21-25,27-28,31-33,35-36,38-41,44,46-50,52-53,55-68H2,1-3H3/b11-8-,20-17-,29-26-,37-34-,43-30-,45-42-,54-51-. The zero-order valence-corrected chi connectivity index (χ0v) is 51.7. The maximum atomic E-state index is 12.9. The second kappa shape index (κ2) is 66.1. The second-order valence-electron chi connectivity index (χ2n) is 22.4. The van der Waals surface area contributed by atoms with Crippen molar-refractivity contribution in [2.75, 3.05) is 13.2 Å². The van der Waals surface area contributed by atoms with Gasteiger partial charge in [0.1, 0.15) is 13.2 Å². The fourth-order valence-electron chi connectivity index (χ4n) is 9.62. The molecule has 0 fully saturated rings. The third kappa shape index (κ3) is 63.4. The highest BCUT2D eigenvalue weighted by Gasteiger charge is 2.19. The fourth-order valence-corrected chi connectivity index (χ4v) is 9.62. The number of carbonyl (C=O) groups excluding carboxylic acids is 3. The molecule has 0 bridgehead atoms. The first-order valence-corrected chi connectivity index (χ1v) is 33.6. The van der Waals surface area contributed by atoms with E-state index in [1.54, 1.807) is 0 Å². The molecule has 0 heterocycles. The van der Waals surface area contributed by atoms with E-state index < -0.39 is 6.10 Å². The third-order valence-electron chi connectivity index (χ3n) is 14.6. The summed E-state index contributed by atoms with van der Waals surface area (Å²) in [6, 6.07) is 0. The molecule has 0 aromatic heterocycles. The molecular weight excluding hydrogens is 961 g/mol. The summed E-state index contributed by atoms with van der Waals surface area (Å²) in [6.45, 7) is 6.53. The van der Waals surface area contributed by atoms with Gasteiger partial charge in [0.05, 0.1) is 0 Å². The van der Waals surface area contributed by atoms with E-state index in [9.17, 15) is 14.4 Å². The molecule has 0 aromatic carbocycles. The molecule has 0 saturated carbocycles. The number of carbonyl (C=O) groups is 3. The summed E-state index contributed by atoms with van der Waals surface area (Å²) in [5, 5.41) is 0. The smallest absolute Gasteiger partial charge is 0.306 e. The Morgan fingerprint density at radius 3 is 0.821 bits per heavy atom. The van der Waals surface area contributed by atoms with Gasteiger partial charge in [0, 0.05) is 19.3 Å². The number of hydrogen-bond acceptors (Lipinski definition) is 6. The molecule has 0 radical (unpaired) electrons. The van der Waals surface area contributed by atoms with Gasteiger partial charge in [0.25, 0.3) is 0 Å². The molecule has 6 heteroatoms. The van der Waals surface area contributed by atoms with Gasteiger partial charge in [0.15, 0.2) is 6.10 Å². The van der Waals surface area contributed by atoms with Crippen molar-refractivity contribution < 1.29 is 28.6 Å². The van der Waals surface area contributed by atoms with Crippen molar-refractivity contribution in [2.45, 2.75) is 341 Å². The summed E-state index contributed by atoms with van der Waals surface area (Å²) in [5.74, 6) is -0.930.